The molecule has 3 heterocycles. The molecule has 3 aromatic carbocycles. The van der Waals surface area contributed by atoms with E-state index in [4.69, 9.17) is 28.4 Å². The van der Waals surface area contributed by atoms with E-state index >= 15 is 0 Å². The molecule has 0 spiro atoms. The van der Waals surface area contributed by atoms with Gasteiger partial charge in [0.1, 0.15) is 53.8 Å². The van der Waals surface area contributed by atoms with Crippen LogP contribution in [-0.4, -0.2) is 140 Å². The SMILES string of the molecule is CNC(=O)OC(C)C(=O)NC(C(=O)N1Cc2cc(OCCOCCOCCOCCOc3cc4ncnc(Nc5n[nH]c(C)c5C)c4cc3S(=O)(=O)C(C)(C)C)ccc2C[C@H]1C(=O)N[C@@H]1CCCc2ccccc21)C(C)(C)C. The summed E-state index contributed by atoms with van der Waals surface area (Å²) in [6.45, 7) is 17.6. The Bertz CT molecular complexity index is 3040. The lowest BCUT2D eigenvalue weighted by molar-refractivity contribution is -0.148. The summed E-state index contributed by atoms with van der Waals surface area (Å²) in [5.41, 5.74) is 5.45. The first-order valence-electron chi connectivity index (χ1n) is 26.4. The van der Waals surface area contributed by atoms with Crippen LogP contribution in [0.25, 0.3) is 10.9 Å². The number of carbonyl (C=O) groups excluding carboxylic acids is 4. The summed E-state index contributed by atoms with van der Waals surface area (Å²) in [5.74, 6) is 0.319. The highest BCUT2D eigenvalue weighted by Crippen LogP contribution is 2.38. The number of hydrogen-bond acceptors (Lipinski definition) is 16. The summed E-state index contributed by atoms with van der Waals surface area (Å²) in [4.78, 5) is 64.8. The molecule has 21 nitrogen and oxygen atoms in total. The molecular formula is C56H75N9O12S. The Morgan fingerprint density at radius 1 is 0.821 bits per heavy atom. The van der Waals surface area contributed by atoms with Crippen molar-refractivity contribution in [3.8, 4) is 11.5 Å². The molecule has 4 atom stereocenters. The second-order valence-corrected chi connectivity index (χ2v) is 24.2. The smallest absolute Gasteiger partial charge is 0.407 e. The predicted molar refractivity (Wildman–Crippen MR) is 292 cm³/mol. The van der Waals surface area contributed by atoms with Gasteiger partial charge < -0.3 is 54.6 Å². The van der Waals surface area contributed by atoms with Gasteiger partial charge in [0, 0.05) is 42.7 Å². The lowest BCUT2D eigenvalue weighted by Crippen LogP contribution is -2.61. The monoisotopic (exact) mass is 1100 g/mol. The van der Waals surface area contributed by atoms with Gasteiger partial charge in [-0.1, -0.05) is 51.1 Å². The molecule has 1 aliphatic heterocycles. The fraction of sp³-hybridized carbons (Fsp3) is 0.518. The van der Waals surface area contributed by atoms with E-state index in [1.807, 2.05) is 71.0 Å². The van der Waals surface area contributed by atoms with Crippen molar-refractivity contribution in [3.05, 3.63) is 94.4 Å². The summed E-state index contributed by atoms with van der Waals surface area (Å²) in [6, 6.07) is 14.7. The number of carbonyl (C=O) groups is 4. The van der Waals surface area contributed by atoms with E-state index < -0.39 is 56.1 Å². The molecule has 2 aromatic heterocycles. The molecule has 0 saturated heterocycles. The van der Waals surface area contributed by atoms with Crippen LogP contribution in [0.1, 0.15) is 101 Å². The van der Waals surface area contributed by atoms with Crippen LogP contribution in [0, 0.1) is 19.3 Å². The number of benzene rings is 3. The third kappa shape index (κ3) is 14.4. The van der Waals surface area contributed by atoms with E-state index in [1.165, 1.54) is 30.8 Å². The lowest BCUT2D eigenvalue weighted by Gasteiger charge is -2.41. The molecule has 7 rings (SSSR count). The molecule has 2 unspecified atom stereocenters. The third-order valence-corrected chi connectivity index (χ3v) is 16.4. The summed E-state index contributed by atoms with van der Waals surface area (Å²) in [5, 5.41) is 19.3. The Morgan fingerprint density at radius 3 is 2.15 bits per heavy atom. The number of amides is 4. The number of alkyl carbamates (subject to hydrolysis) is 1. The average Bonchev–Trinajstić information content (AvgIpc) is 3.88. The largest absolute Gasteiger partial charge is 0.491 e. The van der Waals surface area contributed by atoms with E-state index in [0.717, 1.165) is 47.2 Å². The van der Waals surface area contributed by atoms with Gasteiger partial charge in [-0.25, -0.2) is 23.2 Å². The molecule has 0 bridgehead atoms. The zero-order chi connectivity index (χ0) is 56.4. The van der Waals surface area contributed by atoms with Crippen LogP contribution in [0.3, 0.4) is 0 Å². The number of nitrogens with one attached hydrogen (secondary N) is 5. The number of sulfone groups is 1. The summed E-state index contributed by atoms with van der Waals surface area (Å²) in [7, 11) is -2.48. The second-order valence-electron chi connectivity index (χ2n) is 21.5. The van der Waals surface area contributed by atoms with Gasteiger partial charge in [-0.2, -0.15) is 5.10 Å². The standard InChI is InChI=1S/C56H75N9O12S/c1-34-35(2)63-64-49(34)62-50-42-30-47(78(70,71)56(7,8)9)46(31-44(42)58-33-59-50)76-27-25-74-23-21-72-20-22-73-24-26-75-40-19-18-38-29-45(52(67)60-43-17-13-15-37-14-11-12-16-41(37)43)65(32-39(38)28-40)53(68)48(55(4,5)6)61-51(66)36(3)77-54(69)57-10/h11-12,14,16,18-19,28,30-31,33,36,43,45,48H,13,15,17,20-27,29,32H2,1-10H3,(H,57,69)(H,60,67)(H,61,66)(H2,58,59,62,63,64)/t36?,43-,45+,48?/m1/s1. The van der Waals surface area contributed by atoms with Crippen LogP contribution in [-0.2, 0) is 62.6 Å². The molecule has 5 aromatic rings. The molecule has 1 aliphatic carbocycles. The molecular weight excluding hydrogens is 1020 g/mol. The molecule has 0 radical (unpaired) electrons. The van der Waals surface area contributed by atoms with Crippen LogP contribution in [0.5, 0.6) is 11.5 Å². The third-order valence-electron chi connectivity index (χ3n) is 13.8. The normalized spacial score (nSPS) is 16.3. The highest BCUT2D eigenvalue weighted by atomic mass is 32.2. The average molecular weight is 1100 g/mol. The number of ether oxygens (including phenoxy) is 6. The van der Waals surface area contributed by atoms with Crippen molar-refractivity contribution in [3.63, 3.8) is 0 Å². The molecule has 422 valence electrons. The van der Waals surface area contributed by atoms with Gasteiger partial charge >= 0.3 is 6.09 Å². The minimum atomic E-state index is -3.86. The van der Waals surface area contributed by atoms with Gasteiger partial charge in [-0.15, -0.1) is 0 Å². The van der Waals surface area contributed by atoms with Gasteiger partial charge in [0.2, 0.25) is 11.8 Å². The number of hydrogen-bond donors (Lipinski definition) is 5. The van der Waals surface area contributed by atoms with Gasteiger partial charge in [-0.3, -0.25) is 19.5 Å². The van der Waals surface area contributed by atoms with Crippen molar-refractivity contribution in [2.45, 2.75) is 128 Å². The van der Waals surface area contributed by atoms with Crippen LogP contribution in [0.2, 0.25) is 0 Å². The van der Waals surface area contributed by atoms with E-state index in [1.54, 1.807) is 32.9 Å². The molecule has 0 fully saturated rings. The first-order valence-corrected chi connectivity index (χ1v) is 27.9. The van der Waals surface area contributed by atoms with E-state index in [0.29, 0.717) is 48.1 Å². The second kappa shape index (κ2) is 25.7. The minimum absolute atomic E-state index is 0.0164. The van der Waals surface area contributed by atoms with Crippen molar-refractivity contribution in [2.75, 3.05) is 65.2 Å². The fourth-order valence-corrected chi connectivity index (χ4v) is 10.5. The quantitative estimate of drug-likeness (QED) is 0.0436. The molecule has 5 N–H and O–H groups in total. The Kier molecular flexibility index (Phi) is 19.4. The zero-order valence-corrected chi connectivity index (χ0v) is 47.2. The predicted octanol–water partition coefficient (Wildman–Crippen LogP) is 6.52. The maximum atomic E-state index is 14.8. The lowest BCUT2D eigenvalue weighted by atomic mass is 9.83. The fourth-order valence-electron chi connectivity index (χ4n) is 9.14. The van der Waals surface area contributed by atoms with Crippen molar-refractivity contribution >= 4 is 56.2 Å². The maximum Gasteiger partial charge on any atom is 0.407 e. The van der Waals surface area contributed by atoms with Gasteiger partial charge in [0.15, 0.2) is 21.8 Å². The molecule has 2 aliphatic rings. The van der Waals surface area contributed by atoms with E-state index in [2.05, 4.69) is 47.5 Å². The molecule has 78 heavy (non-hydrogen) atoms. The van der Waals surface area contributed by atoms with E-state index in [9.17, 15) is 27.6 Å². The number of anilines is 2. The van der Waals surface area contributed by atoms with Crippen LogP contribution >= 0.6 is 0 Å². The first kappa shape index (κ1) is 58.8. The van der Waals surface area contributed by atoms with Crippen LogP contribution < -0.4 is 30.7 Å². The number of aryl methyl sites for hydroxylation is 2. The number of rotatable bonds is 23. The summed E-state index contributed by atoms with van der Waals surface area (Å²) < 4.78 is 61.0. The van der Waals surface area contributed by atoms with Crippen molar-refractivity contribution in [2.24, 2.45) is 5.41 Å². The van der Waals surface area contributed by atoms with Crippen molar-refractivity contribution < 1.29 is 56.0 Å². The number of aromatic nitrogens is 4. The minimum Gasteiger partial charge on any atom is -0.491 e. The highest BCUT2D eigenvalue weighted by Gasteiger charge is 2.43. The van der Waals surface area contributed by atoms with Gasteiger partial charge in [0.25, 0.3) is 5.91 Å². The Hall–Kier alpha value is -6.88. The number of aromatic amines is 1. The maximum absolute atomic E-state index is 14.8. The molecule has 0 saturated carbocycles. The van der Waals surface area contributed by atoms with Gasteiger partial charge in [-0.05, 0) is 107 Å². The number of nitrogens with zero attached hydrogens (tertiary/aromatic N) is 4. The molecule has 22 heteroatoms. The Labute approximate surface area is 456 Å². The van der Waals surface area contributed by atoms with Crippen LogP contribution in [0.4, 0.5) is 16.4 Å². The highest BCUT2D eigenvalue weighted by molar-refractivity contribution is 7.92. The first-order chi connectivity index (χ1) is 37.1. The Morgan fingerprint density at radius 2 is 1.50 bits per heavy atom. The summed E-state index contributed by atoms with van der Waals surface area (Å²) in [6.07, 6.45) is 2.28. The van der Waals surface area contributed by atoms with E-state index in [-0.39, 0.29) is 68.6 Å². The zero-order valence-electron chi connectivity index (χ0n) is 46.4. The van der Waals surface area contributed by atoms with Crippen molar-refractivity contribution in [1.29, 1.82) is 0 Å². The Balaban J connectivity index is 0.884. The number of fused-ring (bicyclic) bond motifs is 3. The molecule has 4 amide bonds. The van der Waals surface area contributed by atoms with Crippen molar-refractivity contribution in [1.82, 2.24) is 41.0 Å². The topological polar surface area (TPSA) is 264 Å². The van der Waals surface area contributed by atoms with Crippen LogP contribution in [0.15, 0.2) is 65.8 Å². The number of H-pyrrole nitrogens is 1. The van der Waals surface area contributed by atoms with Gasteiger partial charge in [0.05, 0.1) is 55.9 Å². The summed E-state index contributed by atoms with van der Waals surface area (Å²) >= 11 is 0.